The summed E-state index contributed by atoms with van der Waals surface area (Å²) in [6, 6.07) is 1.75. The Balaban J connectivity index is 0.000000372. The fraction of sp³-hybridized carbons (Fsp3) is 0.744. The number of nitro groups is 3. The second-order valence-electron chi connectivity index (χ2n) is 17.6. The molecule has 3 aliphatic rings. The van der Waals surface area contributed by atoms with Gasteiger partial charge in [-0.05, 0) is 53.3 Å². The number of halogens is 2. The number of hydrogen-bond acceptors (Lipinski definition) is 26. The molecule has 2 N–H and O–H groups in total. The van der Waals surface area contributed by atoms with Crippen molar-refractivity contribution < 1.29 is 75.6 Å². The molecule has 3 atom stereocenters. The molecule has 438 valence electrons. The van der Waals surface area contributed by atoms with Crippen molar-refractivity contribution in [1.29, 1.82) is 5.26 Å². The van der Waals surface area contributed by atoms with Crippen LogP contribution in [-0.2, 0) is 71.6 Å². The van der Waals surface area contributed by atoms with Gasteiger partial charge in [-0.1, -0.05) is 15.0 Å². The molecular weight excluding hydrogens is 1140 g/mol. The second kappa shape index (κ2) is 32.2. The van der Waals surface area contributed by atoms with E-state index < -0.39 is 84.6 Å². The van der Waals surface area contributed by atoms with Crippen LogP contribution in [-0.4, -0.2) is 223 Å². The van der Waals surface area contributed by atoms with E-state index in [0.717, 1.165) is 38.1 Å². The minimum absolute atomic E-state index is 0.0663. The zero-order chi connectivity index (χ0) is 58.3. The molecule has 0 amide bonds. The standard InChI is InChI=1S/C13H22N4O8S2.C12H19FN4O5S.C11H18N4O4.C2H3N.CH3ClO2S/c1-26(20,21)24-11-3-6-15(7-4-11)9-12(25-27(2,22)23)10-16-8-5-14-13(16)17(18)19;1-23(20,21)22-11-2-5-15(6-3-11)8-10(13)9-16-7-4-14-12(16)17(18)19;16-9-1-4-13(5-2-9)7-10(17)8-14-6-3-12-11(14)15(18)19;1-2-3;1-5(2,3)4/h5,8,11-12H,3-4,6-7,9-10H2,1-2H3;4,7,10-11H,2-3,5-6,8-9H2,1H3;3,6,9-10,16-17H,1-2,4-5,7-8H2;1H3;1H3. The number of likely N-dealkylation sites (tertiary alicyclic amines) is 3. The Labute approximate surface area is 449 Å². The maximum Gasteiger partial charge on any atom is 0.434 e. The van der Waals surface area contributed by atoms with Gasteiger partial charge in [0.25, 0.3) is 30.4 Å². The summed E-state index contributed by atoms with van der Waals surface area (Å²) in [6.07, 6.45) is 11.4. The molecule has 0 bridgehead atoms. The third kappa shape index (κ3) is 30.1. The SMILES string of the molecule is CC#N.CS(=O)(=O)Cl.CS(=O)(=O)OC1CCN(CC(Cn2ccnc2[N+](=O)[O-])OS(C)(=O)=O)CC1.CS(=O)(=O)OC1CCN(CC(F)Cn2ccnc2[N+](=O)[O-])CC1.O=[N+]([O-])c1nccn1CC(O)CN1CCC(O)CC1. The first-order valence-corrected chi connectivity index (χ1v) is 31.3. The number of rotatable bonds is 21. The van der Waals surface area contributed by atoms with Crippen LogP contribution in [0.5, 0.6) is 0 Å². The molecule has 3 aliphatic heterocycles. The number of nitrogens with zero attached hydrogens (tertiary/aromatic N) is 13. The smallest absolute Gasteiger partial charge is 0.393 e. The number of aliphatic hydroxyl groups excluding tert-OH is 2. The monoisotopic (exact) mass is 1200 g/mol. The van der Waals surface area contributed by atoms with E-state index in [1.807, 2.05) is 9.80 Å². The van der Waals surface area contributed by atoms with E-state index in [1.165, 1.54) is 57.8 Å². The molecule has 3 aromatic rings. The summed E-state index contributed by atoms with van der Waals surface area (Å²) in [5.74, 6) is -1.04. The van der Waals surface area contributed by atoms with Crippen LogP contribution < -0.4 is 0 Å². The lowest BCUT2D eigenvalue weighted by Gasteiger charge is -2.33. The van der Waals surface area contributed by atoms with Crippen molar-refractivity contribution >= 4 is 67.9 Å². The third-order valence-electron chi connectivity index (χ3n) is 10.7. The zero-order valence-electron chi connectivity index (χ0n) is 42.7. The summed E-state index contributed by atoms with van der Waals surface area (Å²) in [5, 5.41) is 59.1. The van der Waals surface area contributed by atoms with Crippen molar-refractivity contribution in [3.8, 4) is 6.07 Å². The van der Waals surface area contributed by atoms with E-state index >= 15 is 0 Å². The first kappa shape index (κ1) is 68.1. The van der Waals surface area contributed by atoms with Gasteiger partial charge in [-0.2, -0.15) is 30.5 Å². The average molecular weight is 1200 g/mol. The fourth-order valence-corrected chi connectivity index (χ4v) is 9.82. The van der Waals surface area contributed by atoms with Gasteiger partial charge in [0.15, 0.2) is 0 Å². The minimum Gasteiger partial charge on any atom is -0.393 e. The van der Waals surface area contributed by atoms with Crippen molar-refractivity contribution in [2.45, 2.75) is 102 Å². The molecule has 6 heterocycles. The normalized spacial score (nSPS) is 17.8. The van der Waals surface area contributed by atoms with Gasteiger partial charge in [-0.15, -0.1) is 0 Å². The topological polar surface area (TPSA) is 421 Å². The number of nitriles is 1. The largest absolute Gasteiger partial charge is 0.434 e. The molecule has 0 aliphatic carbocycles. The molecule has 0 aromatic carbocycles. The summed E-state index contributed by atoms with van der Waals surface area (Å²) >= 11 is 0. The van der Waals surface area contributed by atoms with E-state index in [9.17, 15) is 78.6 Å². The lowest BCUT2D eigenvalue weighted by Crippen LogP contribution is -2.43. The van der Waals surface area contributed by atoms with Crippen LogP contribution in [0.2, 0.25) is 0 Å². The van der Waals surface area contributed by atoms with Gasteiger partial charge in [0.05, 0.1) is 62.1 Å². The minimum atomic E-state index is -3.78. The van der Waals surface area contributed by atoms with Crippen LogP contribution in [0.4, 0.5) is 22.2 Å². The van der Waals surface area contributed by atoms with Gasteiger partial charge in [-0.3, -0.25) is 12.5 Å². The maximum absolute atomic E-state index is 14.1. The first-order chi connectivity index (χ1) is 35.6. The van der Waals surface area contributed by atoms with E-state index in [2.05, 4.69) is 30.5 Å². The molecule has 3 unspecified atom stereocenters. The number of hydrogen-bond donors (Lipinski definition) is 2. The summed E-state index contributed by atoms with van der Waals surface area (Å²) in [6.45, 7) is 5.63. The van der Waals surface area contributed by atoms with Crippen LogP contribution in [0.15, 0.2) is 37.2 Å². The number of aromatic nitrogens is 6. The fourth-order valence-electron chi connectivity index (χ4n) is 7.83. The molecule has 0 saturated carbocycles. The molecule has 6 rings (SSSR count). The Kier molecular flexibility index (Phi) is 28.5. The molecule has 0 radical (unpaired) electrons. The Bertz CT molecular complexity index is 2810. The molecular formula is C39H65ClFN13O19S4. The maximum atomic E-state index is 14.1. The Morgan fingerprint density at radius 1 is 0.636 bits per heavy atom. The average Bonchev–Trinajstić information content (AvgIpc) is 4.07. The van der Waals surface area contributed by atoms with Crippen LogP contribution in [0.3, 0.4) is 0 Å². The summed E-state index contributed by atoms with van der Waals surface area (Å²) < 4.78 is 119. The highest BCUT2D eigenvalue weighted by atomic mass is 35.7. The van der Waals surface area contributed by atoms with Crippen molar-refractivity contribution in [2.75, 3.05) is 83.9 Å². The number of alkyl halides is 1. The van der Waals surface area contributed by atoms with Gasteiger partial charge in [0.1, 0.15) is 62.5 Å². The third-order valence-corrected chi connectivity index (χ3v) is 12.6. The highest BCUT2D eigenvalue weighted by molar-refractivity contribution is 8.13. The van der Waals surface area contributed by atoms with Gasteiger partial charge in [-0.25, -0.2) is 26.5 Å². The molecule has 0 spiro atoms. The second-order valence-corrected chi connectivity index (χ2v) is 25.5. The highest BCUT2D eigenvalue weighted by Gasteiger charge is 2.30. The number of β-amino-alcohol motifs (C(OH)–C–C–N with tert-alkyl or cyclic N) is 1. The zero-order valence-corrected chi connectivity index (χ0v) is 46.7. The van der Waals surface area contributed by atoms with Gasteiger partial charge in [0, 0.05) is 76.5 Å². The van der Waals surface area contributed by atoms with E-state index in [0.29, 0.717) is 71.2 Å². The van der Waals surface area contributed by atoms with Crippen LogP contribution >= 0.6 is 10.7 Å². The van der Waals surface area contributed by atoms with Crippen LogP contribution in [0, 0.1) is 41.7 Å². The first-order valence-electron chi connectivity index (χ1n) is 23.1. The predicted octanol–water partition coefficient (Wildman–Crippen LogP) is 0.470. The van der Waals surface area contributed by atoms with Crippen LogP contribution in [0.1, 0.15) is 45.4 Å². The summed E-state index contributed by atoms with van der Waals surface area (Å²) in [7, 11) is -9.48. The molecule has 32 nitrogen and oxygen atoms in total. The van der Waals surface area contributed by atoms with E-state index in [1.54, 1.807) is 6.07 Å². The number of aliphatic hydroxyl groups is 2. The summed E-state index contributed by atoms with van der Waals surface area (Å²) in [4.78, 5) is 47.2. The predicted molar refractivity (Wildman–Crippen MR) is 272 cm³/mol. The Morgan fingerprint density at radius 3 is 1.31 bits per heavy atom. The molecule has 38 heteroatoms. The highest BCUT2D eigenvalue weighted by Crippen LogP contribution is 2.20. The Hall–Kier alpha value is -4.98. The molecule has 3 fully saturated rings. The molecule has 77 heavy (non-hydrogen) atoms. The van der Waals surface area contributed by atoms with Crippen LogP contribution in [0.25, 0.3) is 0 Å². The quantitative estimate of drug-likeness (QED) is 0.0633. The lowest BCUT2D eigenvalue weighted by molar-refractivity contribution is -0.397. The summed E-state index contributed by atoms with van der Waals surface area (Å²) in [5.41, 5.74) is 0. The molecule has 3 saturated heterocycles. The van der Waals surface area contributed by atoms with Gasteiger partial charge in [0.2, 0.25) is 9.05 Å². The molecule has 3 aromatic heterocycles. The van der Waals surface area contributed by atoms with Gasteiger partial charge < -0.3 is 55.3 Å². The lowest BCUT2D eigenvalue weighted by atomic mass is 10.1. The van der Waals surface area contributed by atoms with E-state index in [4.69, 9.17) is 17.8 Å². The van der Waals surface area contributed by atoms with Crippen molar-refractivity contribution in [3.05, 3.63) is 67.5 Å². The van der Waals surface area contributed by atoms with Crippen molar-refractivity contribution in [3.63, 3.8) is 0 Å². The van der Waals surface area contributed by atoms with Crippen molar-refractivity contribution in [2.24, 2.45) is 0 Å². The van der Waals surface area contributed by atoms with Crippen molar-refractivity contribution in [1.82, 2.24) is 43.4 Å². The number of piperidine rings is 3. The Morgan fingerprint density at radius 2 is 0.961 bits per heavy atom. The van der Waals surface area contributed by atoms with E-state index in [-0.39, 0.29) is 56.8 Å². The number of imidazole rings is 3. The van der Waals surface area contributed by atoms with Gasteiger partial charge >= 0.3 is 17.8 Å².